The van der Waals surface area contributed by atoms with Crippen molar-refractivity contribution in [3.8, 4) is 0 Å². The summed E-state index contributed by atoms with van der Waals surface area (Å²) in [6.07, 6.45) is 9.23. The second kappa shape index (κ2) is 6.55. The van der Waals surface area contributed by atoms with E-state index in [2.05, 4.69) is 4.72 Å². The Morgan fingerprint density at radius 1 is 1.08 bits per heavy atom. The smallest absolute Gasteiger partial charge is 0.229 e. The van der Waals surface area contributed by atoms with Crippen LogP contribution < -0.4 is 4.72 Å². The molecule has 1 atom stereocenters. The van der Waals surface area contributed by atoms with E-state index >= 15 is 0 Å². The summed E-state index contributed by atoms with van der Waals surface area (Å²) in [7, 11) is -3.30. The second-order valence-corrected chi connectivity index (χ2v) is 12.2. The Morgan fingerprint density at radius 2 is 1.58 bits per heavy atom. The Morgan fingerprint density at radius 3 is 2.04 bits per heavy atom. The van der Waals surface area contributed by atoms with Gasteiger partial charge >= 0.3 is 0 Å². The molecule has 142 valence electrons. The predicted octanol–water partition coefficient (Wildman–Crippen LogP) is 4.33. The third kappa shape index (κ3) is 3.81. The van der Waals surface area contributed by atoms with Gasteiger partial charge in [-0.25, -0.2) is 8.42 Å². The van der Waals surface area contributed by atoms with Crippen molar-refractivity contribution < 1.29 is 13.2 Å². The molecule has 6 heteroatoms. The molecule has 4 bridgehead atoms. The molecule has 4 aliphatic rings. The average molecular weight is 394 g/mol. The maximum absolute atomic E-state index is 12.9. The van der Waals surface area contributed by atoms with Crippen LogP contribution >= 0.6 is 11.8 Å². The lowest BCUT2D eigenvalue weighted by atomic mass is 9.56. The third-order valence-corrected chi connectivity index (χ3v) is 8.42. The van der Waals surface area contributed by atoms with Crippen LogP contribution in [0.5, 0.6) is 0 Å². The molecule has 0 aliphatic heterocycles. The minimum absolute atomic E-state index is 0.0556. The van der Waals surface area contributed by atoms with Gasteiger partial charge in [-0.05, 0) is 87.5 Å². The van der Waals surface area contributed by atoms with Crippen LogP contribution in [0.2, 0.25) is 0 Å². The fraction of sp³-hybridized carbons (Fsp3) is 0.650. The Balaban J connectivity index is 1.43. The van der Waals surface area contributed by atoms with Crippen LogP contribution in [-0.2, 0) is 10.0 Å². The Bertz CT molecular complexity index is 766. The minimum Gasteiger partial charge on any atom is -0.293 e. The van der Waals surface area contributed by atoms with E-state index in [4.69, 9.17) is 0 Å². The van der Waals surface area contributed by atoms with E-state index in [9.17, 15) is 13.2 Å². The molecule has 4 saturated carbocycles. The molecule has 0 spiro atoms. The molecule has 1 aromatic carbocycles. The van der Waals surface area contributed by atoms with E-state index in [1.54, 1.807) is 24.3 Å². The van der Waals surface area contributed by atoms with Crippen molar-refractivity contribution in [1.29, 1.82) is 0 Å². The Kier molecular flexibility index (Phi) is 4.63. The van der Waals surface area contributed by atoms with Crippen molar-refractivity contribution in [2.45, 2.75) is 55.4 Å². The summed E-state index contributed by atoms with van der Waals surface area (Å²) in [5.74, 6) is 2.81. The van der Waals surface area contributed by atoms with E-state index in [1.165, 1.54) is 38.5 Å². The molecule has 4 aliphatic carbocycles. The number of hydrogen-bond acceptors (Lipinski definition) is 4. The van der Waals surface area contributed by atoms with Crippen LogP contribution in [0.1, 0.15) is 55.8 Å². The number of ketones is 1. The van der Waals surface area contributed by atoms with E-state index in [-0.39, 0.29) is 11.0 Å². The van der Waals surface area contributed by atoms with Gasteiger partial charge in [0.2, 0.25) is 10.0 Å². The Hall–Kier alpha value is -1.01. The standard InChI is InChI=1S/C20H27NO3S2/c1-13(19(22)17-3-5-18(6-4-17)21-26(2,23)24)25-20-10-14-7-15(11-20)9-16(8-14)12-20/h3-6,13-16,21H,7-12H2,1-2H3/t13-,14?,15?,16?,20?/m0/s1. The van der Waals surface area contributed by atoms with Crippen molar-refractivity contribution in [3.05, 3.63) is 29.8 Å². The largest absolute Gasteiger partial charge is 0.293 e. The number of thioether (sulfide) groups is 1. The molecular weight excluding hydrogens is 366 g/mol. The molecule has 0 aromatic heterocycles. The zero-order valence-corrected chi connectivity index (χ0v) is 17.0. The number of hydrogen-bond donors (Lipinski definition) is 1. The van der Waals surface area contributed by atoms with Gasteiger partial charge in [-0.1, -0.05) is 0 Å². The lowest BCUT2D eigenvalue weighted by Crippen LogP contribution is -2.49. The summed E-state index contributed by atoms with van der Waals surface area (Å²) < 4.78 is 25.4. The highest BCUT2D eigenvalue weighted by molar-refractivity contribution is 8.02. The molecule has 5 rings (SSSR count). The van der Waals surface area contributed by atoms with Crippen LogP contribution in [0.15, 0.2) is 24.3 Å². The van der Waals surface area contributed by atoms with Crippen molar-refractivity contribution in [2.75, 3.05) is 11.0 Å². The maximum Gasteiger partial charge on any atom is 0.229 e. The first-order valence-electron chi connectivity index (χ1n) is 9.51. The highest BCUT2D eigenvalue weighted by Crippen LogP contribution is 2.61. The van der Waals surface area contributed by atoms with E-state index < -0.39 is 10.0 Å². The number of nitrogens with one attached hydrogen (secondary N) is 1. The summed E-state index contributed by atoms with van der Waals surface area (Å²) >= 11 is 1.91. The van der Waals surface area contributed by atoms with Gasteiger partial charge in [0.25, 0.3) is 0 Å². The van der Waals surface area contributed by atoms with Gasteiger partial charge in [0.1, 0.15) is 0 Å². The molecular formula is C20H27NO3S2. The van der Waals surface area contributed by atoms with Gasteiger partial charge in [-0.2, -0.15) is 0 Å². The second-order valence-electron chi connectivity index (χ2n) is 8.68. The molecule has 26 heavy (non-hydrogen) atoms. The van der Waals surface area contributed by atoms with Crippen molar-refractivity contribution >= 4 is 33.3 Å². The van der Waals surface area contributed by atoms with E-state index in [0.717, 1.165) is 24.0 Å². The van der Waals surface area contributed by atoms with Gasteiger partial charge in [0.05, 0.1) is 11.5 Å². The highest BCUT2D eigenvalue weighted by Gasteiger charge is 2.52. The van der Waals surface area contributed by atoms with Gasteiger partial charge < -0.3 is 0 Å². The number of anilines is 1. The summed E-state index contributed by atoms with van der Waals surface area (Å²) in [6.45, 7) is 2.04. The van der Waals surface area contributed by atoms with Crippen LogP contribution in [0, 0.1) is 17.8 Å². The average Bonchev–Trinajstić information content (AvgIpc) is 2.51. The number of rotatable bonds is 6. The van der Waals surface area contributed by atoms with Crippen LogP contribution in [0.4, 0.5) is 5.69 Å². The first kappa shape index (κ1) is 18.4. The SMILES string of the molecule is C[C@H](SC12CC3CC(CC(C3)C1)C2)C(=O)c1ccc(NS(C)(=O)=O)cc1. The van der Waals surface area contributed by atoms with Crippen LogP contribution in [0.3, 0.4) is 0 Å². The Labute approximate surface area is 160 Å². The summed E-state index contributed by atoms with van der Waals surface area (Å²) in [6, 6.07) is 6.78. The zero-order chi connectivity index (χ0) is 18.5. The molecule has 0 saturated heterocycles. The summed E-state index contributed by atoms with van der Waals surface area (Å²) in [4.78, 5) is 12.9. The van der Waals surface area contributed by atoms with Gasteiger partial charge in [0, 0.05) is 16.0 Å². The molecule has 0 heterocycles. The predicted molar refractivity (Wildman–Crippen MR) is 107 cm³/mol. The third-order valence-electron chi connectivity index (χ3n) is 6.25. The van der Waals surface area contributed by atoms with E-state index in [1.807, 2.05) is 18.7 Å². The lowest BCUT2D eigenvalue weighted by molar-refractivity contribution is 0.0381. The van der Waals surface area contributed by atoms with Crippen molar-refractivity contribution in [1.82, 2.24) is 0 Å². The number of carbonyl (C=O) groups excluding carboxylic acids is 1. The fourth-order valence-electron chi connectivity index (χ4n) is 5.76. The zero-order valence-electron chi connectivity index (χ0n) is 15.4. The molecule has 0 amide bonds. The molecule has 1 N–H and O–H groups in total. The molecule has 0 unspecified atom stereocenters. The van der Waals surface area contributed by atoms with E-state index in [0.29, 0.717) is 16.0 Å². The lowest BCUT2D eigenvalue weighted by Gasteiger charge is -2.57. The monoisotopic (exact) mass is 393 g/mol. The summed E-state index contributed by atoms with van der Waals surface area (Å²) in [5, 5.41) is -0.0556. The van der Waals surface area contributed by atoms with Crippen molar-refractivity contribution in [2.24, 2.45) is 17.8 Å². The van der Waals surface area contributed by atoms with Gasteiger partial charge in [0.15, 0.2) is 5.78 Å². The maximum atomic E-state index is 12.9. The number of carbonyl (C=O) groups is 1. The molecule has 1 aromatic rings. The first-order chi connectivity index (χ1) is 12.2. The number of sulfonamides is 1. The number of Topliss-reactive ketones (excluding diaryl/α,β-unsaturated/α-hetero) is 1. The highest BCUT2D eigenvalue weighted by atomic mass is 32.2. The fourth-order valence-corrected chi connectivity index (χ4v) is 8.31. The normalized spacial score (nSPS) is 33.8. The first-order valence-corrected chi connectivity index (χ1v) is 12.3. The molecule has 0 radical (unpaired) electrons. The molecule has 4 fully saturated rings. The van der Waals surface area contributed by atoms with Gasteiger partial charge in [-0.15, -0.1) is 11.8 Å². The number of benzene rings is 1. The summed E-state index contributed by atoms with van der Waals surface area (Å²) in [5.41, 5.74) is 1.15. The quantitative estimate of drug-likeness (QED) is 0.731. The van der Waals surface area contributed by atoms with Crippen molar-refractivity contribution in [3.63, 3.8) is 0 Å². The van der Waals surface area contributed by atoms with Crippen LogP contribution in [-0.4, -0.2) is 30.5 Å². The minimum atomic E-state index is -3.30. The topological polar surface area (TPSA) is 63.2 Å². The molecule has 4 nitrogen and oxygen atoms in total. The van der Waals surface area contributed by atoms with Gasteiger partial charge in [-0.3, -0.25) is 9.52 Å². The van der Waals surface area contributed by atoms with Crippen LogP contribution in [0.25, 0.3) is 0 Å².